The van der Waals surface area contributed by atoms with Gasteiger partial charge in [0.1, 0.15) is 5.15 Å². The molecule has 1 aromatic heterocycles. The van der Waals surface area contributed by atoms with Gasteiger partial charge in [0, 0.05) is 12.2 Å². The molecule has 0 radical (unpaired) electrons. The van der Waals surface area contributed by atoms with E-state index in [-0.39, 0.29) is 12.1 Å². The molecular weight excluding hydrogens is 286 g/mol. The fourth-order valence-electron chi connectivity index (χ4n) is 2.82. The number of nitrogens with zero attached hydrogens (tertiary/aromatic N) is 1. The van der Waals surface area contributed by atoms with Crippen LogP contribution in [0.2, 0.25) is 5.15 Å². The monoisotopic (exact) mass is 303 g/mol. The number of benzene rings is 1. The molecule has 0 saturated carbocycles. The predicted octanol–water partition coefficient (Wildman–Crippen LogP) is 2.94. The Bertz CT molecular complexity index is 620. The molecule has 2 unspecified atom stereocenters. The minimum absolute atomic E-state index is 0.0262. The Kier molecular flexibility index (Phi) is 4.51. The normalized spacial score (nSPS) is 19.0. The van der Waals surface area contributed by atoms with Gasteiger partial charge in [0.15, 0.2) is 0 Å². The zero-order valence-corrected chi connectivity index (χ0v) is 12.4. The van der Waals surface area contributed by atoms with E-state index in [1.54, 1.807) is 6.20 Å². The largest absolute Gasteiger partial charge is 0.373 e. The highest BCUT2D eigenvalue weighted by Crippen LogP contribution is 2.34. The van der Waals surface area contributed by atoms with Crippen LogP contribution in [0, 0.1) is 0 Å². The number of hydrazine groups is 1. The number of aromatic nitrogens is 1. The van der Waals surface area contributed by atoms with Crippen LogP contribution in [0.25, 0.3) is 0 Å². The van der Waals surface area contributed by atoms with Gasteiger partial charge in [-0.1, -0.05) is 35.9 Å². The van der Waals surface area contributed by atoms with Crippen molar-refractivity contribution in [1.82, 2.24) is 10.4 Å². The highest BCUT2D eigenvalue weighted by Gasteiger charge is 2.24. The zero-order chi connectivity index (χ0) is 14.7. The van der Waals surface area contributed by atoms with E-state index < -0.39 is 0 Å². The Morgan fingerprint density at radius 3 is 3.05 bits per heavy atom. The SMILES string of the molecule is NNC(CC1OCCc2ccccc21)c1ccnc(Cl)c1. The number of nitrogens with one attached hydrogen (secondary N) is 1. The van der Waals surface area contributed by atoms with Crippen LogP contribution in [0.3, 0.4) is 0 Å². The van der Waals surface area contributed by atoms with Crippen LogP contribution in [-0.4, -0.2) is 11.6 Å². The van der Waals surface area contributed by atoms with Crippen molar-refractivity contribution in [2.24, 2.45) is 5.84 Å². The molecule has 2 heterocycles. The Labute approximate surface area is 129 Å². The zero-order valence-electron chi connectivity index (χ0n) is 11.6. The third-order valence-corrected chi connectivity index (χ3v) is 4.10. The van der Waals surface area contributed by atoms with Gasteiger partial charge in [-0.2, -0.15) is 0 Å². The molecule has 4 nitrogen and oxygen atoms in total. The van der Waals surface area contributed by atoms with Crippen molar-refractivity contribution in [1.29, 1.82) is 0 Å². The average molecular weight is 304 g/mol. The molecule has 1 aliphatic heterocycles. The molecule has 1 aromatic carbocycles. The second-order valence-corrected chi connectivity index (χ2v) is 5.56. The van der Waals surface area contributed by atoms with Crippen LogP contribution in [-0.2, 0) is 11.2 Å². The lowest BCUT2D eigenvalue weighted by Gasteiger charge is -2.29. The summed E-state index contributed by atoms with van der Waals surface area (Å²) in [5.41, 5.74) is 6.49. The summed E-state index contributed by atoms with van der Waals surface area (Å²) in [5.74, 6) is 5.72. The maximum Gasteiger partial charge on any atom is 0.129 e. The van der Waals surface area contributed by atoms with Crippen molar-refractivity contribution >= 4 is 11.6 Å². The van der Waals surface area contributed by atoms with Gasteiger partial charge in [-0.25, -0.2) is 4.98 Å². The number of hydrogen-bond donors (Lipinski definition) is 2. The maximum atomic E-state index is 5.96. The van der Waals surface area contributed by atoms with Crippen LogP contribution < -0.4 is 11.3 Å². The highest BCUT2D eigenvalue weighted by atomic mass is 35.5. The van der Waals surface area contributed by atoms with Crippen molar-refractivity contribution in [2.45, 2.75) is 25.0 Å². The van der Waals surface area contributed by atoms with Gasteiger partial charge in [-0.15, -0.1) is 0 Å². The first-order valence-electron chi connectivity index (χ1n) is 7.05. The molecule has 21 heavy (non-hydrogen) atoms. The van der Waals surface area contributed by atoms with Crippen LogP contribution in [0.5, 0.6) is 0 Å². The van der Waals surface area contributed by atoms with Crippen molar-refractivity contribution in [2.75, 3.05) is 6.61 Å². The number of rotatable bonds is 4. The summed E-state index contributed by atoms with van der Waals surface area (Å²) in [5, 5.41) is 0.470. The minimum atomic E-state index is -0.0262. The topological polar surface area (TPSA) is 60.2 Å². The molecule has 0 spiro atoms. The first-order chi connectivity index (χ1) is 10.3. The Morgan fingerprint density at radius 2 is 2.24 bits per heavy atom. The summed E-state index contributed by atoms with van der Waals surface area (Å²) in [6.45, 7) is 0.746. The molecule has 2 aromatic rings. The molecule has 1 aliphatic rings. The lowest BCUT2D eigenvalue weighted by atomic mass is 9.92. The van der Waals surface area contributed by atoms with E-state index in [1.807, 2.05) is 12.1 Å². The van der Waals surface area contributed by atoms with E-state index in [4.69, 9.17) is 22.2 Å². The number of fused-ring (bicyclic) bond motifs is 1. The average Bonchev–Trinajstić information content (AvgIpc) is 2.52. The number of halogens is 1. The third-order valence-electron chi connectivity index (χ3n) is 3.90. The standard InChI is InChI=1S/C16H18ClN3O/c17-16-9-12(5-7-19-16)14(20-18)10-15-13-4-2-1-3-11(13)6-8-21-15/h1-5,7,9,14-15,20H,6,8,10,18H2. The summed E-state index contributed by atoms with van der Waals surface area (Å²) >= 11 is 5.96. The molecule has 3 rings (SSSR count). The summed E-state index contributed by atoms with van der Waals surface area (Å²) in [6.07, 6.45) is 3.46. The highest BCUT2D eigenvalue weighted by molar-refractivity contribution is 6.29. The second-order valence-electron chi connectivity index (χ2n) is 5.18. The Hall–Kier alpha value is -1.46. The first kappa shape index (κ1) is 14.5. The van der Waals surface area contributed by atoms with Gasteiger partial charge in [0.25, 0.3) is 0 Å². The van der Waals surface area contributed by atoms with Crippen LogP contribution in [0.4, 0.5) is 0 Å². The fourth-order valence-corrected chi connectivity index (χ4v) is 3.00. The molecule has 2 atom stereocenters. The number of ether oxygens (including phenoxy) is 1. The van der Waals surface area contributed by atoms with E-state index in [0.717, 1.165) is 25.0 Å². The van der Waals surface area contributed by atoms with Gasteiger partial charge in [0.05, 0.1) is 12.7 Å². The molecule has 110 valence electrons. The quantitative estimate of drug-likeness (QED) is 0.518. The van der Waals surface area contributed by atoms with E-state index >= 15 is 0 Å². The maximum absolute atomic E-state index is 5.96. The van der Waals surface area contributed by atoms with Crippen molar-refractivity contribution < 1.29 is 4.74 Å². The molecule has 0 bridgehead atoms. The van der Waals surface area contributed by atoms with Crippen LogP contribution >= 0.6 is 11.6 Å². The summed E-state index contributed by atoms with van der Waals surface area (Å²) < 4.78 is 5.94. The molecular formula is C16H18ClN3O. The van der Waals surface area contributed by atoms with Gasteiger partial charge >= 0.3 is 0 Å². The Balaban J connectivity index is 1.82. The minimum Gasteiger partial charge on any atom is -0.373 e. The van der Waals surface area contributed by atoms with Gasteiger partial charge in [-0.05, 0) is 41.7 Å². The van der Waals surface area contributed by atoms with Crippen LogP contribution in [0.15, 0.2) is 42.6 Å². The van der Waals surface area contributed by atoms with Gasteiger partial charge in [0.2, 0.25) is 0 Å². The van der Waals surface area contributed by atoms with Crippen molar-refractivity contribution in [3.8, 4) is 0 Å². The second kappa shape index (κ2) is 6.54. The van der Waals surface area contributed by atoms with E-state index in [0.29, 0.717) is 5.15 Å². The van der Waals surface area contributed by atoms with Gasteiger partial charge < -0.3 is 4.74 Å². The number of nitrogens with two attached hydrogens (primary N) is 1. The molecule has 0 fully saturated rings. The van der Waals surface area contributed by atoms with E-state index in [2.05, 4.69) is 34.7 Å². The van der Waals surface area contributed by atoms with E-state index in [9.17, 15) is 0 Å². The smallest absolute Gasteiger partial charge is 0.129 e. The molecule has 0 aliphatic carbocycles. The third kappa shape index (κ3) is 3.24. The number of hydrogen-bond acceptors (Lipinski definition) is 4. The lowest BCUT2D eigenvalue weighted by molar-refractivity contribution is 0.0293. The molecule has 5 heteroatoms. The summed E-state index contributed by atoms with van der Waals surface area (Å²) in [7, 11) is 0. The molecule has 0 amide bonds. The van der Waals surface area contributed by atoms with E-state index in [1.165, 1.54) is 11.1 Å². The van der Waals surface area contributed by atoms with Crippen molar-refractivity contribution in [3.05, 3.63) is 64.4 Å². The summed E-state index contributed by atoms with van der Waals surface area (Å²) in [4.78, 5) is 4.00. The van der Waals surface area contributed by atoms with Crippen LogP contribution in [0.1, 0.15) is 35.3 Å². The molecule has 0 saturated heterocycles. The first-order valence-corrected chi connectivity index (χ1v) is 7.42. The lowest BCUT2D eigenvalue weighted by Crippen LogP contribution is -2.31. The van der Waals surface area contributed by atoms with Crippen molar-refractivity contribution in [3.63, 3.8) is 0 Å². The summed E-state index contributed by atoms with van der Waals surface area (Å²) in [6, 6.07) is 12.1. The molecule has 3 N–H and O–H groups in total. The Morgan fingerprint density at radius 1 is 1.38 bits per heavy atom. The predicted molar refractivity (Wildman–Crippen MR) is 82.8 cm³/mol. The fraction of sp³-hybridized carbons (Fsp3) is 0.312. The number of pyridine rings is 1. The van der Waals surface area contributed by atoms with Gasteiger partial charge in [-0.3, -0.25) is 11.3 Å².